The van der Waals surface area contributed by atoms with Crippen molar-refractivity contribution in [1.82, 2.24) is 15.1 Å². The number of fused-ring (bicyclic) bond motifs is 2. The van der Waals surface area contributed by atoms with Crippen LogP contribution in [0.15, 0.2) is 36.4 Å². The first-order valence-electron chi connectivity index (χ1n) is 12.6. The molecule has 2 saturated heterocycles. The zero-order chi connectivity index (χ0) is 24.6. The first-order chi connectivity index (χ1) is 17.5. The van der Waals surface area contributed by atoms with Crippen molar-refractivity contribution in [3.05, 3.63) is 53.1 Å². The molecule has 2 fully saturated rings. The Morgan fingerprint density at radius 2 is 1.89 bits per heavy atom. The van der Waals surface area contributed by atoms with Gasteiger partial charge in [-0.2, -0.15) is 0 Å². The Kier molecular flexibility index (Phi) is 6.00. The highest BCUT2D eigenvalue weighted by Crippen LogP contribution is 2.34. The number of hydrogen-bond acceptors (Lipinski definition) is 7. The van der Waals surface area contributed by atoms with E-state index >= 15 is 0 Å². The van der Waals surface area contributed by atoms with E-state index in [1.165, 1.54) is 12.0 Å². The molecule has 4 aliphatic rings. The maximum Gasteiger partial charge on any atom is 0.255 e. The van der Waals surface area contributed by atoms with Gasteiger partial charge < -0.3 is 19.1 Å². The molecular weight excluding hydrogens is 462 g/mol. The van der Waals surface area contributed by atoms with Gasteiger partial charge in [0.05, 0.1) is 0 Å². The number of nitrogens with zero attached hydrogens (tertiary/aromatic N) is 2. The summed E-state index contributed by atoms with van der Waals surface area (Å²) in [5, 5.41) is 2.34. The van der Waals surface area contributed by atoms with Gasteiger partial charge in [-0.05, 0) is 67.3 Å². The number of ether oxygens (including phenoxy) is 3. The highest BCUT2D eigenvalue weighted by atomic mass is 16.7. The van der Waals surface area contributed by atoms with Gasteiger partial charge >= 0.3 is 0 Å². The molecule has 9 nitrogen and oxygen atoms in total. The Morgan fingerprint density at radius 3 is 2.78 bits per heavy atom. The molecule has 9 heteroatoms. The van der Waals surface area contributed by atoms with Crippen molar-refractivity contribution in [2.45, 2.75) is 57.3 Å². The van der Waals surface area contributed by atoms with Gasteiger partial charge in [-0.25, -0.2) is 0 Å². The van der Waals surface area contributed by atoms with Crippen LogP contribution >= 0.6 is 0 Å². The molecule has 2 unspecified atom stereocenters. The van der Waals surface area contributed by atoms with Crippen LogP contribution in [-0.2, 0) is 22.7 Å². The second-order valence-electron chi connectivity index (χ2n) is 9.84. The molecule has 0 aromatic heterocycles. The second kappa shape index (κ2) is 9.46. The van der Waals surface area contributed by atoms with E-state index < -0.39 is 11.9 Å². The number of nitrogens with one attached hydrogen (secondary N) is 1. The predicted molar refractivity (Wildman–Crippen MR) is 129 cm³/mol. The molecule has 2 aromatic carbocycles. The molecule has 0 spiro atoms. The quantitative estimate of drug-likeness (QED) is 0.621. The van der Waals surface area contributed by atoms with Crippen molar-refractivity contribution in [2.75, 3.05) is 19.9 Å². The molecule has 4 aliphatic heterocycles. The van der Waals surface area contributed by atoms with Crippen LogP contribution in [0.1, 0.15) is 53.6 Å². The van der Waals surface area contributed by atoms with E-state index in [-0.39, 0.29) is 25.0 Å². The number of piperidine rings is 2. The van der Waals surface area contributed by atoms with Crippen molar-refractivity contribution < 1.29 is 28.6 Å². The van der Waals surface area contributed by atoms with Crippen LogP contribution in [-0.4, -0.2) is 59.5 Å². The van der Waals surface area contributed by atoms with Crippen LogP contribution < -0.4 is 19.5 Å². The van der Waals surface area contributed by atoms with Crippen molar-refractivity contribution in [3.63, 3.8) is 0 Å². The van der Waals surface area contributed by atoms with Crippen molar-refractivity contribution in [3.8, 4) is 17.2 Å². The van der Waals surface area contributed by atoms with Crippen LogP contribution in [0.4, 0.5) is 0 Å². The van der Waals surface area contributed by atoms with Crippen molar-refractivity contribution >= 4 is 17.7 Å². The van der Waals surface area contributed by atoms with E-state index in [2.05, 4.69) is 22.3 Å². The zero-order valence-electron chi connectivity index (χ0n) is 20.0. The van der Waals surface area contributed by atoms with E-state index in [4.69, 9.17) is 14.2 Å². The van der Waals surface area contributed by atoms with Gasteiger partial charge in [0.15, 0.2) is 11.5 Å². The lowest BCUT2D eigenvalue weighted by Crippen LogP contribution is -2.52. The smallest absolute Gasteiger partial charge is 0.255 e. The van der Waals surface area contributed by atoms with Crippen LogP contribution in [0, 0.1) is 0 Å². The lowest BCUT2D eigenvalue weighted by Gasteiger charge is -2.35. The molecule has 3 amide bonds. The van der Waals surface area contributed by atoms with E-state index in [0.29, 0.717) is 31.2 Å². The lowest BCUT2D eigenvalue weighted by molar-refractivity contribution is -0.136. The average molecular weight is 492 g/mol. The van der Waals surface area contributed by atoms with E-state index in [0.717, 1.165) is 48.7 Å². The first-order valence-corrected chi connectivity index (χ1v) is 12.6. The largest absolute Gasteiger partial charge is 0.492 e. The maximum absolute atomic E-state index is 12.9. The minimum Gasteiger partial charge on any atom is -0.492 e. The average Bonchev–Trinajstić information content (AvgIpc) is 3.47. The molecule has 6 rings (SSSR count). The van der Waals surface area contributed by atoms with Gasteiger partial charge in [0.2, 0.25) is 18.6 Å². The standard InChI is InChI=1S/C27H29N3O6/c31-25-9-7-22(26(32)28-25)30-14-18-12-20(5-6-21(18)27(30)33)34-15-19-3-1-2-10-29(19)13-17-4-8-23-24(11-17)36-16-35-23/h4-6,8,11-12,19,22H,1-3,7,9-10,13-16H2,(H,28,31,32). The number of amides is 3. The lowest BCUT2D eigenvalue weighted by atomic mass is 10.0. The summed E-state index contributed by atoms with van der Waals surface area (Å²) in [5.74, 6) is 1.46. The van der Waals surface area contributed by atoms with Gasteiger partial charge in [0.1, 0.15) is 18.4 Å². The number of carbonyl (C=O) groups is 3. The summed E-state index contributed by atoms with van der Waals surface area (Å²) in [6.07, 6.45) is 4.00. The van der Waals surface area contributed by atoms with Gasteiger partial charge in [-0.3, -0.25) is 24.6 Å². The van der Waals surface area contributed by atoms with Gasteiger partial charge in [-0.1, -0.05) is 12.5 Å². The van der Waals surface area contributed by atoms with Crippen LogP contribution in [0.5, 0.6) is 17.2 Å². The molecule has 2 aromatic rings. The number of likely N-dealkylation sites (tertiary alicyclic amines) is 1. The Balaban J connectivity index is 1.10. The second-order valence-corrected chi connectivity index (χ2v) is 9.84. The normalized spacial score (nSPS) is 23.6. The minimum absolute atomic E-state index is 0.173. The molecule has 0 radical (unpaired) electrons. The van der Waals surface area contributed by atoms with E-state index in [1.807, 2.05) is 18.2 Å². The first kappa shape index (κ1) is 22.8. The molecule has 4 heterocycles. The summed E-state index contributed by atoms with van der Waals surface area (Å²) in [6, 6.07) is 11.3. The molecule has 0 saturated carbocycles. The zero-order valence-corrected chi connectivity index (χ0v) is 20.0. The highest BCUT2D eigenvalue weighted by molar-refractivity contribution is 6.05. The summed E-state index contributed by atoms with van der Waals surface area (Å²) in [6.45, 7) is 3.02. The summed E-state index contributed by atoms with van der Waals surface area (Å²) in [7, 11) is 0. The van der Waals surface area contributed by atoms with Gasteiger partial charge in [0, 0.05) is 31.1 Å². The van der Waals surface area contributed by atoms with Crippen LogP contribution in [0.2, 0.25) is 0 Å². The molecular formula is C27H29N3O6. The summed E-state index contributed by atoms with van der Waals surface area (Å²) < 4.78 is 17.2. The van der Waals surface area contributed by atoms with Gasteiger partial charge in [-0.15, -0.1) is 0 Å². The number of rotatable bonds is 6. The summed E-state index contributed by atoms with van der Waals surface area (Å²) >= 11 is 0. The van der Waals surface area contributed by atoms with E-state index in [1.54, 1.807) is 11.0 Å². The van der Waals surface area contributed by atoms with Crippen LogP contribution in [0.25, 0.3) is 0 Å². The van der Waals surface area contributed by atoms with E-state index in [9.17, 15) is 14.4 Å². The van der Waals surface area contributed by atoms with Gasteiger partial charge in [0.25, 0.3) is 5.91 Å². The maximum atomic E-state index is 12.9. The Morgan fingerprint density at radius 1 is 1.00 bits per heavy atom. The third-order valence-electron chi connectivity index (χ3n) is 7.51. The summed E-state index contributed by atoms with van der Waals surface area (Å²) in [5.41, 5.74) is 2.63. The predicted octanol–water partition coefficient (Wildman–Crippen LogP) is 2.61. The monoisotopic (exact) mass is 491 g/mol. The number of benzene rings is 2. The number of carbonyl (C=O) groups excluding carboxylic acids is 3. The molecule has 2 atom stereocenters. The molecule has 0 bridgehead atoms. The number of imide groups is 1. The fourth-order valence-electron chi connectivity index (χ4n) is 5.56. The van der Waals surface area contributed by atoms with Crippen LogP contribution in [0.3, 0.4) is 0 Å². The topological polar surface area (TPSA) is 97.4 Å². The fourth-order valence-corrected chi connectivity index (χ4v) is 5.56. The molecule has 1 N–H and O–H groups in total. The Bertz CT molecular complexity index is 1210. The molecule has 36 heavy (non-hydrogen) atoms. The fraction of sp³-hybridized carbons (Fsp3) is 0.444. The summed E-state index contributed by atoms with van der Waals surface area (Å²) in [4.78, 5) is 40.7. The third kappa shape index (κ3) is 4.39. The highest BCUT2D eigenvalue weighted by Gasteiger charge is 2.39. The molecule has 188 valence electrons. The van der Waals surface area contributed by atoms with Crippen molar-refractivity contribution in [1.29, 1.82) is 0 Å². The van der Waals surface area contributed by atoms with Crippen molar-refractivity contribution in [2.24, 2.45) is 0 Å². The Labute approximate surface area is 209 Å². The SMILES string of the molecule is O=C1CCC(N2Cc3cc(OCC4CCCCN4Cc4ccc5c(c4)OCO5)ccc3C2=O)C(=O)N1. The Hall–Kier alpha value is -3.59. The minimum atomic E-state index is -0.612. The molecule has 0 aliphatic carbocycles. The number of hydrogen-bond donors (Lipinski definition) is 1. The third-order valence-corrected chi connectivity index (χ3v) is 7.51.